The maximum atomic E-state index is 13.5. The van der Waals surface area contributed by atoms with Gasteiger partial charge in [-0.3, -0.25) is 0 Å². The van der Waals surface area contributed by atoms with E-state index in [-0.39, 0.29) is 6.42 Å². The minimum atomic E-state index is -2.39. The van der Waals surface area contributed by atoms with Crippen molar-refractivity contribution in [2.45, 2.75) is 38.5 Å². The number of aromatic nitrogens is 3. The Morgan fingerprint density at radius 3 is 2.73 bits per heavy atom. The van der Waals surface area contributed by atoms with Crippen molar-refractivity contribution in [3.05, 3.63) is 60.0 Å². The molecule has 3 aromatic heterocycles. The highest BCUT2D eigenvalue weighted by Crippen LogP contribution is 2.36. The minimum absolute atomic E-state index is 0.257. The number of aromatic amines is 1. The number of fused-ring (bicyclic) bond motifs is 2. The molecule has 4 heterocycles. The lowest BCUT2D eigenvalue weighted by Gasteiger charge is -2.31. The van der Waals surface area contributed by atoms with Gasteiger partial charge in [-0.05, 0) is 73.8 Å². The summed E-state index contributed by atoms with van der Waals surface area (Å²) in [7, 11) is 0. The average molecular weight is 408 g/mol. The lowest BCUT2D eigenvalue weighted by Crippen LogP contribution is -2.32. The second-order valence-electron chi connectivity index (χ2n) is 8.20. The van der Waals surface area contributed by atoms with Crippen LogP contribution in [0.2, 0.25) is 0 Å². The Balaban J connectivity index is 1.57. The molecule has 0 bridgehead atoms. The molecular formula is C24H26F2N4. The Kier molecular flexibility index (Phi) is 5.03. The van der Waals surface area contributed by atoms with E-state index in [0.29, 0.717) is 11.5 Å². The molecule has 1 aromatic carbocycles. The van der Waals surface area contributed by atoms with Crippen molar-refractivity contribution < 1.29 is 8.78 Å². The molecule has 0 unspecified atom stereocenters. The summed E-state index contributed by atoms with van der Waals surface area (Å²) in [5.74, 6) is 0.496. The molecule has 1 aliphatic rings. The molecule has 4 nitrogen and oxygen atoms in total. The van der Waals surface area contributed by atoms with Gasteiger partial charge < -0.3 is 14.3 Å². The van der Waals surface area contributed by atoms with Crippen molar-refractivity contribution in [3.63, 3.8) is 0 Å². The monoisotopic (exact) mass is 408 g/mol. The number of likely N-dealkylation sites (tertiary alicyclic amines) is 1. The number of H-pyrrole nitrogens is 1. The van der Waals surface area contributed by atoms with E-state index in [1.807, 2.05) is 28.9 Å². The molecule has 0 radical (unpaired) electrons. The zero-order valence-corrected chi connectivity index (χ0v) is 17.1. The molecule has 0 atom stereocenters. The van der Waals surface area contributed by atoms with Crippen molar-refractivity contribution >= 4 is 16.6 Å². The molecular weight excluding hydrogens is 382 g/mol. The summed E-state index contributed by atoms with van der Waals surface area (Å²) in [6.07, 6.45) is 5.12. The van der Waals surface area contributed by atoms with Gasteiger partial charge in [0.2, 0.25) is 6.43 Å². The number of hydrogen-bond donors (Lipinski definition) is 1. The highest BCUT2D eigenvalue weighted by molar-refractivity contribution is 5.91. The number of imidazole rings is 1. The van der Waals surface area contributed by atoms with Gasteiger partial charge in [0.25, 0.3) is 0 Å². The molecule has 30 heavy (non-hydrogen) atoms. The Bertz CT molecular complexity index is 1170. The van der Waals surface area contributed by atoms with Gasteiger partial charge in [-0.25, -0.2) is 13.8 Å². The lowest BCUT2D eigenvalue weighted by atomic mass is 9.88. The Labute approximate surface area is 174 Å². The summed E-state index contributed by atoms with van der Waals surface area (Å²) in [6, 6.07) is 10.3. The Morgan fingerprint density at radius 2 is 1.97 bits per heavy atom. The van der Waals surface area contributed by atoms with Crippen LogP contribution in [0.5, 0.6) is 0 Å². The molecule has 0 amide bonds. The second kappa shape index (κ2) is 7.84. The summed E-state index contributed by atoms with van der Waals surface area (Å²) in [4.78, 5) is 10.2. The first-order valence-corrected chi connectivity index (χ1v) is 10.7. The SMILES string of the molecule is CCN1CCC(c2ccc3[nH]c(-c4ccn5ccnc5c4)c(CC(F)F)c3c2)CC1. The van der Waals surface area contributed by atoms with Crippen molar-refractivity contribution in [2.24, 2.45) is 0 Å². The molecule has 5 rings (SSSR count). The van der Waals surface area contributed by atoms with Crippen LogP contribution in [0.4, 0.5) is 8.78 Å². The fraction of sp³-hybridized carbons (Fsp3) is 0.375. The molecule has 1 N–H and O–H groups in total. The van der Waals surface area contributed by atoms with Crippen LogP contribution in [0.15, 0.2) is 48.9 Å². The summed E-state index contributed by atoms with van der Waals surface area (Å²) < 4.78 is 29.0. The van der Waals surface area contributed by atoms with Crippen LogP contribution in [0.3, 0.4) is 0 Å². The third-order valence-electron chi connectivity index (χ3n) is 6.48. The normalized spacial score (nSPS) is 16.3. The number of nitrogens with one attached hydrogen (secondary N) is 1. The summed E-state index contributed by atoms with van der Waals surface area (Å²) in [6.45, 7) is 5.50. The zero-order valence-electron chi connectivity index (χ0n) is 17.1. The molecule has 1 fully saturated rings. The van der Waals surface area contributed by atoms with Gasteiger partial charge in [-0.15, -0.1) is 0 Å². The number of halogens is 2. The third kappa shape index (κ3) is 3.49. The van der Waals surface area contributed by atoms with E-state index in [4.69, 9.17) is 0 Å². The van der Waals surface area contributed by atoms with Crippen LogP contribution in [0, 0.1) is 0 Å². The quantitative estimate of drug-likeness (QED) is 0.474. The van der Waals surface area contributed by atoms with Crippen molar-refractivity contribution in [3.8, 4) is 11.3 Å². The highest BCUT2D eigenvalue weighted by Gasteiger charge is 2.22. The van der Waals surface area contributed by atoms with Gasteiger partial charge in [-0.1, -0.05) is 13.0 Å². The summed E-state index contributed by atoms with van der Waals surface area (Å²) in [5, 5.41) is 0.920. The number of alkyl halides is 2. The number of rotatable bonds is 5. The van der Waals surface area contributed by atoms with Crippen molar-refractivity contribution in [1.82, 2.24) is 19.3 Å². The summed E-state index contributed by atoms with van der Waals surface area (Å²) >= 11 is 0. The Morgan fingerprint density at radius 1 is 1.13 bits per heavy atom. The smallest absolute Gasteiger partial charge is 0.242 e. The molecule has 0 aliphatic carbocycles. The zero-order chi connectivity index (χ0) is 20.7. The average Bonchev–Trinajstić information content (AvgIpc) is 3.37. The van der Waals surface area contributed by atoms with Gasteiger partial charge >= 0.3 is 0 Å². The number of hydrogen-bond acceptors (Lipinski definition) is 2. The van der Waals surface area contributed by atoms with E-state index in [1.165, 1.54) is 5.56 Å². The predicted octanol–water partition coefficient (Wildman–Crippen LogP) is 5.49. The molecule has 0 spiro atoms. The van der Waals surface area contributed by atoms with Gasteiger partial charge in [-0.2, -0.15) is 0 Å². The first-order chi connectivity index (χ1) is 14.6. The van der Waals surface area contributed by atoms with Crippen molar-refractivity contribution in [2.75, 3.05) is 19.6 Å². The van der Waals surface area contributed by atoms with Crippen LogP contribution < -0.4 is 0 Å². The van der Waals surface area contributed by atoms with E-state index in [9.17, 15) is 8.78 Å². The van der Waals surface area contributed by atoms with Gasteiger partial charge in [0.1, 0.15) is 5.65 Å². The minimum Gasteiger partial charge on any atom is -0.354 e. The number of piperidine rings is 1. The first-order valence-electron chi connectivity index (χ1n) is 10.7. The fourth-order valence-corrected chi connectivity index (χ4v) is 4.78. The second-order valence-corrected chi connectivity index (χ2v) is 8.20. The van der Waals surface area contributed by atoms with E-state index in [2.05, 4.69) is 40.0 Å². The summed E-state index contributed by atoms with van der Waals surface area (Å²) in [5.41, 5.74) is 5.34. The third-order valence-corrected chi connectivity index (χ3v) is 6.48. The number of benzene rings is 1. The Hall–Kier alpha value is -2.73. The highest BCUT2D eigenvalue weighted by atomic mass is 19.3. The van der Waals surface area contributed by atoms with E-state index < -0.39 is 6.43 Å². The molecule has 4 aromatic rings. The maximum Gasteiger partial charge on any atom is 0.242 e. The van der Waals surface area contributed by atoms with Crippen LogP contribution in [-0.4, -0.2) is 45.3 Å². The van der Waals surface area contributed by atoms with E-state index >= 15 is 0 Å². The standard InChI is InChI=1S/C24H26F2N4/c1-2-29-9-5-16(6-10-29)17-3-4-21-19(13-17)20(15-22(25)26)24(28-21)18-7-11-30-12-8-27-23(30)14-18/h3-4,7-8,11-14,16,22,28H,2,5-6,9-10,15H2,1H3. The molecule has 1 aliphatic heterocycles. The van der Waals surface area contributed by atoms with Gasteiger partial charge in [0.15, 0.2) is 0 Å². The fourth-order valence-electron chi connectivity index (χ4n) is 4.78. The van der Waals surface area contributed by atoms with E-state index in [0.717, 1.165) is 60.3 Å². The molecule has 1 saturated heterocycles. The number of pyridine rings is 1. The number of nitrogens with zero attached hydrogens (tertiary/aromatic N) is 3. The van der Waals surface area contributed by atoms with Gasteiger partial charge in [0.05, 0.1) is 5.69 Å². The molecule has 156 valence electrons. The predicted molar refractivity (Wildman–Crippen MR) is 116 cm³/mol. The lowest BCUT2D eigenvalue weighted by molar-refractivity contribution is 0.149. The van der Waals surface area contributed by atoms with Gasteiger partial charge in [0, 0.05) is 41.5 Å². The van der Waals surface area contributed by atoms with Crippen LogP contribution >= 0.6 is 0 Å². The molecule has 0 saturated carbocycles. The van der Waals surface area contributed by atoms with Crippen LogP contribution in [0.25, 0.3) is 27.8 Å². The topological polar surface area (TPSA) is 36.3 Å². The first kappa shape index (κ1) is 19.2. The van der Waals surface area contributed by atoms with Crippen LogP contribution in [-0.2, 0) is 6.42 Å². The van der Waals surface area contributed by atoms with E-state index in [1.54, 1.807) is 6.20 Å². The maximum absolute atomic E-state index is 13.5. The van der Waals surface area contributed by atoms with Crippen molar-refractivity contribution in [1.29, 1.82) is 0 Å². The largest absolute Gasteiger partial charge is 0.354 e. The molecule has 6 heteroatoms. The van der Waals surface area contributed by atoms with Crippen LogP contribution in [0.1, 0.15) is 36.8 Å².